The minimum atomic E-state index is 0.174. The fourth-order valence-electron chi connectivity index (χ4n) is 3.77. The van der Waals surface area contributed by atoms with Gasteiger partial charge < -0.3 is 4.74 Å². The molecule has 0 aromatic heterocycles. The van der Waals surface area contributed by atoms with Gasteiger partial charge in [0.2, 0.25) is 0 Å². The molecule has 2 nitrogen and oxygen atoms in total. The Kier molecular flexibility index (Phi) is 4.67. The minimum absolute atomic E-state index is 0.174. The maximum Gasteiger partial charge on any atom is 0.126 e. The summed E-state index contributed by atoms with van der Waals surface area (Å²) in [6.07, 6.45) is 6.57. The van der Waals surface area contributed by atoms with Crippen LogP contribution in [-0.2, 0) is 10.8 Å². The molecule has 2 heteroatoms. The third-order valence-electron chi connectivity index (χ3n) is 5.70. The highest BCUT2D eigenvalue weighted by Gasteiger charge is 2.37. The molecule has 0 heterocycles. The fourth-order valence-corrected chi connectivity index (χ4v) is 3.77. The van der Waals surface area contributed by atoms with E-state index >= 15 is 0 Å². The Labute approximate surface area is 157 Å². The molecule has 0 amide bonds. The number of methoxy groups -OCH3 is 1. The number of nitrogens with zero attached hydrogens (tertiary/aromatic N) is 1. The monoisotopic (exact) mass is 345 g/mol. The van der Waals surface area contributed by atoms with Gasteiger partial charge in [-0.1, -0.05) is 52.0 Å². The third kappa shape index (κ3) is 3.40. The molecule has 0 saturated heterocycles. The number of ether oxygens (including phenoxy) is 1. The highest BCUT2D eigenvalue weighted by Crippen LogP contribution is 2.47. The van der Waals surface area contributed by atoms with Gasteiger partial charge in [-0.25, -0.2) is 0 Å². The maximum atomic E-state index is 8.92. The first-order valence-electron chi connectivity index (χ1n) is 9.18. The predicted octanol–water partition coefficient (Wildman–Crippen LogP) is 6.09. The van der Waals surface area contributed by atoms with E-state index in [-0.39, 0.29) is 10.8 Å². The first-order chi connectivity index (χ1) is 12.3. The van der Waals surface area contributed by atoms with Crippen LogP contribution in [0, 0.1) is 11.3 Å². The molecule has 0 bridgehead atoms. The lowest BCUT2D eigenvalue weighted by molar-refractivity contribution is 0.328. The smallest absolute Gasteiger partial charge is 0.126 e. The Bertz CT molecular complexity index is 880. The minimum Gasteiger partial charge on any atom is -0.496 e. The fraction of sp³-hybridized carbons (Fsp3) is 0.375. The lowest BCUT2D eigenvalue weighted by atomic mass is 9.63. The Morgan fingerprint density at radius 1 is 0.923 bits per heavy atom. The quantitative estimate of drug-likeness (QED) is 0.631. The molecule has 0 atom stereocenters. The van der Waals surface area contributed by atoms with Gasteiger partial charge in [0.25, 0.3) is 0 Å². The van der Waals surface area contributed by atoms with E-state index in [9.17, 15) is 0 Å². The van der Waals surface area contributed by atoms with Gasteiger partial charge in [0.05, 0.1) is 18.7 Å². The molecule has 134 valence electrons. The van der Waals surface area contributed by atoms with Crippen LogP contribution in [0.1, 0.15) is 68.4 Å². The first-order valence-corrected chi connectivity index (χ1v) is 9.18. The predicted molar refractivity (Wildman–Crippen MR) is 108 cm³/mol. The van der Waals surface area contributed by atoms with Crippen LogP contribution in [0.4, 0.5) is 0 Å². The second-order valence-electron chi connectivity index (χ2n) is 8.47. The van der Waals surface area contributed by atoms with E-state index < -0.39 is 0 Å². The Morgan fingerprint density at radius 2 is 1.50 bits per heavy atom. The van der Waals surface area contributed by atoms with Gasteiger partial charge >= 0.3 is 0 Å². The molecule has 2 aromatic carbocycles. The molecular formula is C24H27NO. The molecule has 0 aliphatic heterocycles. The van der Waals surface area contributed by atoms with E-state index in [1.807, 2.05) is 24.3 Å². The van der Waals surface area contributed by atoms with E-state index in [4.69, 9.17) is 10.00 Å². The molecule has 1 aliphatic rings. The van der Waals surface area contributed by atoms with Gasteiger partial charge in [-0.3, -0.25) is 0 Å². The number of hydrogen-bond acceptors (Lipinski definition) is 2. The van der Waals surface area contributed by atoms with Crippen molar-refractivity contribution >= 4 is 12.2 Å². The van der Waals surface area contributed by atoms with Gasteiger partial charge in [-0.2, -0.15) is 5.26 Å². The molecule has 0 N–H and O–H groups in total. The van der Waals surface area contributed by atoms with Crippen molar-refractivity contribution in [1.29, 1.82) is 5.26 Å². The van der Waals surface area contributed by atoms with Crippen molar-refractivity contribution in [2.75, 3.05) is 7.11 Å². The number of fused-ring (bicyclic) bond motifs is 1. The normalized spacial score (nSPS) is 17.5. The van der Waals surface area contributed by atoms with Crippen LogP contribution in [0.25, 0.3) is 12.2 Å². The lowest BCUT2D eigenvalue weighted by Gasteiger charge is -2.42. The summed E-state index contributed by atoms with van der Waals surface area (Å²) >= 11 is 0. The molecule has 0 unspecified atom stereocenters. The Morgan fingerprint density at radius 3 is 2.04 bits per heavy atom. The van der Waals surface area contributed by atoms with Gasteiger partial charge in [0.15, 0.2) is 0 Å². The molecule has 2 aromatic rings. The molecular weight excluding hydrogens is 318 g/mol. The molecule has 1 aliphatic carbocycles. The number of nitriles is 1. The summed E-state index contributed by atoms with van der Waals surface area (Å²) in [5.41, 5.74) is 6.03. The van der Waals surface area contributed by atoms with Crippen LogP contribution in [0.5, 0.6) is 5.75 Å². The van der Waals surface area contributed by atoms with Crippen LogP contribution in [-0.4, -0.2) is 7.11 Å². The third-order valence-corrected chi connectivity index (χ3v) is 5.70. The van der Waals surface area contributed by atoms with Crippen LogP contribution >= 0.6 is 0 Å². The second-order valence-corrected chi connectivity index (χ2v) is 8.47. The van der Waals surface area contributed by atoms with Crippen molar-refractivity contribution in [1.82, 2.24) is 0 Å². The van der Waals surface area contributed by atoms with Crippen LogP contribution in [0.2, 0.25) is 0 Å². The topological polar surface area (TPSA) is 33.0 Å². The summed E-state index contributed by atoms with van der Waals surface area (Å²) in [4.78, 5) is 0. The number of rotatable bonds is 3. The highest BCUT2D eigenvalue weighted by atomic mass is 16.5. The standard InChI is InChI=1S/C24H27NO/c1-23(2)12-13-24(3,4)21-15-22(26-5)19(14-20(21)23)11-10-17-6-8-18(16-25)9-7-17/h6-11,14-15H,12-13H2,1-5H3/b11-10+. The number of benzene rings is 2. The van der Waals surface area contributed by atoms with E-state index in [0.29, 0.717) is 5.56 Å². The highest BCUT2D eigenvalue weighted by molar-refractivity contribution is 5.74. The molecule has 3 rings (SSSR count). The average molecular weight is 345 g/mol. The van der Waals surface area contributed by atoms with Crippen molar-refractivity contribution in [3.8, 4) is 11.8 Å². The van der Waals surface area contributed by atoms with Crippen molar-refractivity contribution in [2.24, 2.45) is 0 Å². The zero-order chi connectivity index (χ0) is 18.9. The molecule has 0 spiro atoms. The largest absolute Gasteiger partial charge is 0.496 e. The Hall–Kier alpha value is -2.53. The van der Waals surface area contributed by atoms with Crippen LogP contribution < -0.4 is 4.74 Å². The zero-order valence-corrected chi connectivity index (χ0v) is 16.4. The molecule has 0 saturated carbocycles. The lowest BCUT2D eigenvalue weighted by Crippen LogP contribution is -2.33. The van der Waals surface area contributed by atoms with Gasteiger partial charge in [0.1, 0.15) is 5.75 Å². The van der Waals surface area contributed by atoms with Crippen molar-refractivity contribution < 1.29 is 4.74 Å². The SMILES string of the molecule is COc1cc2c(cc1/C=C/c1ccc(C#N)cc1)C(C)(C)CCC2(C)C. The maximum absolute atomic E-state index is 8.92. The van der Waals surface area contributed by atoms with Crippen molar-refractivity contribution in [3.63, 3.8) is 0 Å². The summed E-state index contributed by atoms with van der Waals surface area (Å²) in [6, 6.07) is 14.3. The van der Waals surface area contributed by atoms with Crippen LogP contribution in [0.15, 0.2) is 36.4 Å². The average Bonchev–Trinajstić information content (AvgIpc) is 2.63. The summed E-state index contributed by atoms with van der Waals surface area (Å²) in [5.74, 6) is 0.916. The van der Waals surface area contributed by atoms with E-state index in [1.54, 1.807) is 7.11 Å². The molecule has 0 fully saturated rings. The van der Waals surface area contributed by atoms with Crippen molar-refractivity contribution in [3.05, 3.63) is 64.2 Å². The summed E-state index contributed by atoms with van der Waals surface area (Å²) in [6.45, 7) is 9.32. The van der Waals surface area contributed by atoms with Crippen LogP contribution in [0.3, 0.4) is 0 Å². The summed E-state index contributed by atoms with van der Waals surface area (Å²) < 4.78 is 5.70. The second kappa shape index (κ2) is 6.65. The summed E-state index contributed by atoms with van der Waals surface area (Å²) in [7, 11) is 1.74. The van der Waals surface area contributed by atoms with Gasteiger partial charge in [-0.05, 0) is 64.6 Å². The van der Waals surface area contributed by atoms with E-state index in [0.717, 1.165) is 16.9 Å². The first kappa shape index (κ1) is 18.3. The van der Waals surface area contributed by atoms with E-state index in [1.165, 1.54) is 24.0 Å². The summed E-state index contributed by atoms with van der Waals surface area (Å²) in [5, 5.41) is 8.92. The van der Waals surface area contributed by atoms with E-state index in [2.05, 4.69) is 58.0 Å². The zero-order valence-electron chi connectivity index (χ0n) is 16.4. The molecule has 0 radical (unpaired) electrons. The molecule has 26 heavy (non-hydrogen) atoms. The van der Waals surface area contributed by atoms with Gasteiger partial charge in [-0.15, -0.1) is 0 Å². The van der Waals surface area contributed by atoms with Gasteiger partial charge in [0, 0.05) is 5.56 Å². The number of hydrogen-bond donors (Lipinski definition) is 0. The van der Waals surface area contributed by atoms with Crippen molar-refractivity contribution in [2.45, 2.75) is 51.4 Å². The Balaban J connectivity index is 2.04.